The summed E-state index contributed by atoms with van der Waals surface area (Å²) in [5.41, 5.74) is 0.405. The minimum atomic E-state index is -3.88. The zero-order chi connectivity index (χ0) is 15.6. The van der Waals surface area contributed by atoms with Crippen molar-refractivity contribution in [3.63, 3.8) is 0 Å². The number of primary sulfonamides is 1. The van der Waals surface area contributed by atoms with Crippen molar-refractivity contribution in [2.45, 2.75) is 4.90 Å². The number of H-pyrrole nitrogens is 1. The van der Waals surface area contributed by atoms with Crippen molar-refractivity contribution < 1.29 is 17.9 Å². The molecule has 0 aliphatic carbocycles. The second-order valence-corrected chi connectivity index (χ2v) is 6.09. The van der Waals surface area contributed by atoms with E-state index >= 15 is 0 Å². The largest absolute Gasteiger partial charge is 0.495 e. The summed E-state index contributed by atoms with van der Waals surface area (Å²) in [6, 6.07) is 5.34. The molecule has 1 aromatic carbocycles. The minimum absolute atomic E-state index is 0.136. The molecule has 0 spiro atoms. The molecule has 0 radical (unpaired) electrons. The lowest BCUT2D eigenvalue weighted by Gasteiger charge is -2.11. The first-order valence-corrected chi connectivity index (χ1v) is 7.60. The standard InChI is InChI=1S/C12H12ClN3O4S/c1-20-11-3-2-8(21(14,18)19)5-9(11)16-12(17)10-4-7(13)6-15-10/h2-6,15H,1H3,(H,16,17)(H2,14,18,19). The Hall–Kier alpha value is -2.03. The van der Waals surface area contributed by atoms with Crippen molar-refractivity contribution in [1.29, 1.82) is 0 Å². The fourth-order valence-corrected chi connectivity index (χ4v) is 2.35. The number of amides is 1. The summed E-state index contributed by atoms with van der Waals surface area (Å²) in [4.78, 5) is 14.6. The number of aromatic nitrogens is 1. The number of nitrogens with two attached hydrogens (primary N) is 1. The van der Waals surface area contributed by atoms with E-state index in [1.54, 1.807) is 0 Å². The van der Waals surface area contributed by atoms with E-state index < -0.39 is 15.9 Å². The molecular weight excluding hydrogens is 318 g/mol. The zero-order valence-corrected chi connectivity index (χ0v) is 12.5. The summed E-state index contributed by atoms with van der Waals surface area (Å²) in [7, 11) is -2.49. The first-order valence-electron chi connectivity index (χ1n) is 5.67. The van der Waals surface area contributed by atoms with E-state index in [9.17, 15) is 13.2 Å². The van der Waals surface area contributed by atoms with Crippen molar-refractivity contribution in [3.05, 3.63) is 41.2 Å². The maximum atomic E-state index is 12.0. The molecule has 0 fully saturated rings. The maximum absolute atomic E-state index is 12.0. The maximum Gasteiger partial charge on any atom is 0.272 e. The molecule has 1 amide bonds. The Morgan fingerprint density at radius 3 is 2.62 bits per heavy atom. The van der Waals surface area contributed by atoms with Crippen LogP contribution in [0.15, 0.2) is 35.4 Å². The molecule has 1 aromatic heterocycles. The van der Waals surface area contributed by atoms with Gasteiger partial charge in [0.05, 0.1) is 22.7 Å². The van der Waals surface area contributed by atoms with Gasteiger partial charge in [-0.3, -0.25) is 4.79 Å². The SMILES string of the molecule is COc1ccc(S(N)(=O)=O)cc1NC(=O)c1cc(Cl)c[nH]1. The van der Waals surface area contributed by atoms with E-state index in [1.807, 2.05) is 0 Å². The van der Waals surface area contributed by atoms with Gasteiger partial charge >= 0.3 is 0 Å². The van der Waals surface area contributed by atoms with E-state index in [0.717, 1.165) is 0 Å². The fraction of sp³-hybridized carbons (Fsp3) is 0.0833. The number of ether oxygens (including phenoxy) is 1. The van der Waals surface area contributed by atoms with Gasteiger partial charge in [-0.25, -0.2) is 13.6 Å². The number of carbonyl (C=O) groups is 1. The van der Waals surface area contributed by atoms with Gasteiger partial charge in [0.1, 0.15) is 11.4 Å². The molecule has 0 bridgehead atoms. The van der Waals surface area contributed by atoms with Crippen molar-refractivity contribution in [2.24, 2.45) is 5.14 Å². The Morgan fingerprint density at radius 2 is 2.10 bits per heavy atom. The van der Waals surface area contributed by atoms with Crippen LogP contribution in [0.2, 0.25) is 5.02 Å². The van der Waals surface area contributed by atoms with Crippen LogP contribution in [-0.4, -0.2) is 26.4 Å². The molecule has 0 saturated carbocycles. The molecule has 112 valence electrons. The molecule has 21 heavy (non-hydrogen) atoms. The number of aromatic amines is 1. The second-order valence-electron chi connectivity index (χ2n) is 4.09. The second kappa shape index (κ2) is 5.76. The van der Waals surface area contributed by atoms with E-state index in [2.05, 4.69) is 10.3 Å². The predicted octanol–water partition coefficient (Wildman–Crippen LogP) is 1.58. The highest BCUT2D eigenvalue weighted by molar-refractivity contribution is 7.89. The van der Waals surface area contributed by atoms with Crippen LogP contribution in [0.3, 0.4) is 0 Å². The topological polar surface area (TPSA) is 114 Å². The lowest BCUT2D eigenvalue weighted by molar-refractivity contribution is 0.102. The number of rotatable bonds is 4. The summed E-state index contributed by atoms with van der Waals surface area (Å²) in [6.45, 7) is 0. The summed E-state index contributed by atoms with van der Waals surface area (Å²) in [6.07, 6.45) is 1.45. The van der Waals surface area contributed by atoms with Crippen molar-refractivity contribution in [2.75, 3.05) is 12.4 Å². The first kappa shape index (κ1) is 15.4. The lowest BCUT2D eigenvalue weighted by Crippen LogP contribution is -2.15. The molecule has 2 rings (SSSR count). The van der Waals surface area contributed by atoms with Crippen molar-refractivity contribution in [3.8, 4) is 5.75 Å². The number of nitrogens with one attached hydrogen (secondary N) is 2. The molecule has 0 unspecified atom stereocenters. The van der Waals surface area contributed by atoms with Crippen LogP contribution >= 0.6 is 11.6 Å². The lowest BCUT2D eigenvalue weighted by atomic mass is 10.2. The molecule has 2 aromatic rings. The minimum Gasteiger partial charge on any atom is -0.495 e. The van der Waals surface area contributed by atoms with Crippen LogP contribution in [0.1, 0.15) is 10.5 Å². The van der Waals surface area contributed by atoms with Crippen LogP contribution < -0.4 is 15.2 Å². The zero-order valence-electron chi connectivity index (χ0n) is 10.9. The van der Waals surface area contributed by atoms with Crippen LogP contribution in [-0.2, 0) is 10.0 Å². The number of benzene rings is 1. The summed E-state index contributed by atoms with van der Waals surface area (Å²) >= 11 is 5.72. The summed E-state index contributed by atoms with van der Waals surface area (Å²) < 4.78 is 27.8. The Kier molecular flexibility index (Phi) is 4.21. The van der Waals surface area contributed by atoms with Gasteiger partial charge < -0.3 is 15.0 Å². The molecule has 0 atom stereocenters. The Balaban J connectivity index is 2.36. The highest BCUT2D eigenvalue weighted by Gasteiger charge is 2.15. The predicted molar refractivity (Wildman–Crippen MR) is 78.1 cm³/mol. The summed E-state index contributed by atoms with van der Waals surface area (Å²) in [5, 5.41) is 7.97. The smallest absolute Gasteiger partial charge is 0.272 e. The van der Waals surface area contributed by atoms with E-state index in [-0.39, 0.29) is 16.3 Å². The van der Waals surface area contributed by atoms with Gasteiger partial charge in [0, 0.05) is 6.20 Å². The van der Waals surface area contributed by atoms with E-state index in [0.29, 0.717) is 10.8 Å². The van der Waals surface area contributed by atoms with Gasteiger partial charge in [-0.05, 0) is 24.3 Å². The number of sulfonamides is 1. The number of hydrogen-bond donors (Lipinski definition) is 3. The van der Waals surface area contributed by atoms with Crippen molar-refractivity contribution in [1.82, 2.24) is 4.98 Å². The highest BCUT2D eigenvalue weighted by Crippen LogP contribution is 2.27. The summed E-state index contributed by atoms with van der Waals surface area (Å²) in [5.74, 6) is -0.194. The number of anilines is 1. The molecule has 4 N–H and O–H groups in total. The van der Waals surface area contributed by atoms with E-state index in [1.165, 1.54) is 37.6 Å². The third-order valence-corrected chi connectivity index (χ3v) is 3.77. The van der Waals surface area contributed by atoms with Crippen molar-refractivity contribution >= 4 is 33.2 Å². The molecule has 9 heteroatoms. The molecular formula is C12H12ClN3O4S. The number of carbonyl (C=O) groups excluding carboxylic acids is 1. The molecule has 7 nitrogen and oxygen atoms in total. The molecule has 0 aliphatic heterocycles. The average Bonchev–Trinajstić information content (AvgIpc) is 2.84. The third kappa shape index (κ3) is 3.54. The van der Waals surface area contributed by atoms with Crippen LogP contribution in [0, 0.1) is 0 Å². The molecule has 1 heterocycles. The monoisotopic (exact) mass is 329 g/mol. The van der Waals surface area contributed by atoms with Crippen LogP contribution in [0.5, 0.6) is 5.75 Å². The Morgan fingerprint density at radius 1 is 1.38 bits per heavy atom. The quantitative estimate of drug-likeness (QED) is 0.789. The third-order valence-electron chi connectivity index (χ3n) is 2.64. The Labute approximate surface area is 126 Å². The number of hydrogen-bond acceptors (Lipinski definition) is 4. The van der Waals surface area contributed by atoms with Gasteiger partial charge in [0.15, 0.2) is 0 Å². The molecule has 0 aliphatic rings. The highest BCUT2D eigenvalue weighted by atomic mass is 35.5. The van der Waals surface area contributed by atoms with Gasteiger partial charge in [0.25, 0.3) is 5.91 Å². The van der Waals surface area contributed by atoms with Gasteiger partial charge in [-0.2, -0.15) is 0 Å². The van der Waals surface area contributed by atoms with Crippen LogP contribution in [0.25, 0.3) is 0 Å². The first-order chi connectivity index (χ1) is 9.81. The van der Waals surface area contributed by atoms with Gasteiger partial charge in [0.2, 0.25) is 10.0 Å². The normalized spacial score (nSPS) is 11.2. The van der Waals surface area contributed by atoms with Crippen LogP contribution in [0.4, 0.5) is 5.69 Å². The number of methoxy groups -OCH3 is 1. The average molecular weight is 330 g/mol. The number of halogens is 1. The Bertz CT molecular complexity index is 786. The van der Waals surface area contributed by atoms with Gasteiger partial charge in [-0.1, -0.05) is 11.6 Å². The van der Waals surface area contributed by atoms with Gasteiger partial charge in [-0.15, -0.1) is 0 Å². The fourth-order valence-electron chi connectivity index (χ4n) is 1.65. The van der Waals surface area contributed by atoms with E-state index in [4.69, 9.17) is 21.5 Å². The molecule has 0 saturated heterocycles.